The Bertz CT molecular complexity index is 1510. The van der Waals surface area contributed by atoms with Crippen LogP contribution in [0.25, 0.3) is 16.6 Å². The summed E-state index contributed by atoms with van der Waals surface area (Å²) in [4.78, 5) is 26.3. The van der Waals surface area contributed by atoms with Gasteiger partial charge >= 0.3 is 0 Å². The van der Waals surface area contributed by atoms with Gasteiger partial charge < -0.3 is 15.0 Å². The number of nitrogens with zero attached hydrogens (tertiary/aromatic N) is 6. The SMILES string of the molecule is C=CC(=O)Nc1ccc(C(=O)N2CC[C@H](n3cc(-c4cc(OC)c5c(C#N)cnn5c4)cn3)C2)cc1. The summed E-state index contributed by atoms with van der Waals surface area (Å²) < 4.78 is 9.02. The molecule has 0 bridgehead atoms. The fraction of sp³-hybridized carbons (Fsp3) is 0.192. The molecule has 1 saturated heterocycles. The third kappa shape index (κ3) is 4.18. The first-order valence-corrected chi connectivity index (χ1v) is 11.3. The molecule has 5 rings (SSSR count). The fourth-order valence-electron chi connectivity index (χ4n) is 4.38. The first-order chi connectivity index (χ1) is 17.5. The zero-order chi connectivity index (χ0) is 25.2. The molecule has 3 aromatic heterocycles. The first-order valence-electron chi connectivity index (χ1n) is 11.3. The van der Waals surface area contributed by atoms with Crippen molar-refractivity contribution in [3.63, 3.8) is 0 Å². The van der Waals surface area contributed by atoms with E-state index < -0.39 is 0 Å². The second-order valence-corrected chi connectivity index (χ2v) is 8.43. The Morgan fingerprint density at radius 1 is 1.19 bits per heavy atom. The Morgan fingerprint density at radius 3 is 2.72 bits per heavy atom. The minimum atomic E-state index is -0.301. The number of carbonyl (C=O) groups excluding carboxylic acids is 2. The predicted octanol–water partition coefficient (Wildman–Crippen LogP) is 3.29. The Balaban J connectivity index is 1.30. The number of anilines is 1. The van der Waals surface area contributed by atoms with Crippen molar-refractivity contribution in [1.29, 1.82) is 5.26 Å². The third-order valence-corrected chi connectivity index (χ3v) is 6.26. The zero-order valence-corrected chi connectivity index (χ0v) is 19.6. The largest absolute Gasteiger partial charge is 0.494 e. The lowest BCUT2D eigenvalue weighted by molar-refractivity contribution is -0.111. The number of likely N-dealkylation sites (tertiary alicyclic amines) is 1. The monoisotopic (exact) mass is 481 g/mol. The molecule has 0 saturated carbocycles. The molecule has 0 spiro atoms. The first kappa shape index (κ1) is 22.9. The molecule has 10 heteroatoms. The molecule has 180 valence electrons. The van der Waals surface area contributed by atoms with Gasteiger partial charge in [0.05, 0.1) is 25.5 Å². The Labute approximate surface area is 207 Å². The average Bonchev–Trinajstić information content (AvgIpc) is 3.67. The van der Waals surface area contributed by atoms with Crippen LogP contribution in [0, 0.1) is 11.3 Å². The van der Waals surface area contributed by atoms with Gasteiger partial charge in [-0.25, -0.2) is 4.52 Å². The van der Waals surface area contributed by atoms with Crippen molar-refractivity contribution in [2.24, 2.45) is 0 Å². The van der Waals surface area contributed by atoms with E-state index in [4.69, 9.17) is 4.74 Å². The van der Waals surface area contributed by atoms with Crippen LogP contribution in [0.4, 0.5) is 5.69 Å². The van der Waals surface area contributed by atoms with Gasteiger partial charge in [-0.3, -0.25) is 14.3 Å². The van der Waals surface area contributed by atoms with Crippen LogP contribution in [-0.2, 0) is 4.79 Å². The van der Waals surface area contributed by atoms with E-state index in [1.807, 2.05) is 28.0 Å². The highest BCUT2D eigenvalue weighted by Crippen LogP contribution is 2.31. The summed E-state index contributed by atoms with van der Waals surface area (Å²) in [5.74, 6) is 0.195. The van der Waals surface area contributed by atoms with Crippen LogP contribution in [0.3, 0.4) is 0 Å². The summed E-state index contributed by atoms with van der Waals surface area (Å²) >= 11 is 0. The minimum Gasteiger partial charge on any atom is -0.494 e. The van der Waals surface area contributed by atoms with Gasteiger partial charge in [0, 0.05) is 47.9 Å². The number of ether oxygens (including phenoxy) is 1. The molecule has 1 N–H and O–H groups in total. The Hall–Kier alpha value is -4.91. The van der Waals surface area contributed by atoms with E-state index in [0.717, 1.165) is 17.5 Å². The molecule has 36 heavy (non-hydrogen) atoms. The highest BCUT2D eigenvalue weighted by Gasteiger charge is 2.29. The van der Waals surface area contributed by atoms with Gasteiger partial charge in [-0.1, -0.05) is 6.58 Å². The van der Waals surface area contributed by atoms with E-state index in [1.54, 1.807) is 42.1 Å². The molecule has 1 atom stereocenters. The predicted molar refractivity (Wildman–Crippen MR) is 133 cm³/mol. The standard InChI is InChI=1S/C26H23N7O3/c1-3-24(34)30-21-6-4-17(5-7-21)26(35)31-9-8-22(16-31)32-15-20(13-28-32)18-10-23(36-2)25-19(11-27)12-29-33(25)14-18/h3-7,10,12-15,22H,1,8-9,16H2,2H3,(H,30,34)/t22-/m0/s1. The molecule has 0 radical (unpaired) electrons. The van der Waals surface area contributed by atoms with Crippen LogP contribution in [0.5, 0.6) is 5.75 Å². The number of amides is 2. The van der Waals surface area contributed by atoms with Gasteiger partial charge in [-0.05, 0) is 42.8 Å². The van der Waals surface area contributed by atoms with E-state index in [9.17, 15) is 14.9 Å². The Kier molecular flexibility index (Phi) is 5.96. The van der Waals surface area contributed by atoms with Crippen LogP contribution in [0.2, 0.25) is 0 Å². The molecular formula is C26H23N7O3. The molecule has 1 aliphatic rings. The normalized spacial score (nSPS) is 15.0. The summed E-state index contributed by atoms with van der Waals surface area (Å²) in [5, 5.41) is 20.8. The van der Waals surface area contributed by atoms with Crippen molar-refractivity contribution < 1.29 is 14.3 Å². The van der Waals surface area contributed by atoms with Crippen LogP contribution < -0.4 is 10.1 Å². The number of aromatic nitrogens is 4. The van der Waals surface area contributed by atoms with Crippen molar-refractivity contribution in [1.82, 2.24) is 24.3 Å². The van der Waals surface area contributed by atoms with E-state index in [2.05, 4.69) is 28.2 Å². The minimum absolute atomic E-state index is 0.0503. The summed E-state index contributed by atoms with van der Waals surface area (Å²) in [5.41, 5.74) is 3.97. The van der Waals surface area contributed by atoms with Crippen LogP contribution in [-0.4, -0.2) is 56.3 Å². The number of pyridine rings is 1. The number of nitrogens with one attached hydrogen (secondary N) is 1. The van der Waals surface area contributed by atoms with Crippen LogP contribution >= 0.6 is 0 Å². The van der Waals surface area contributed by atoms with Crippen molar-refractivity contribution in [3.8, 4) is 22.9 Å². The van der Waals surface area contributed by atoms with Gasteiger partial charge in [0.2, 0.25) is 5.91 Å². The Morgan fingerprint density at radius 2 is 2.00 bits per heavy atom. The number of fused-ring (bicyclic) bond motifs is 1. The summed E-state index contributed by atoms with van der Waals surface area (Å²) in [7, 11) is 1.56. The number of hydrogen-bond acceptors (Lipinski definition) is 6. The van der Waals surface area contributed by atoms with Gasteiger partial charge in [-0.15, -0.1) is 0 Å². The smallest absolute Gasteiger partial charge is 0.253 e. The molecule has 4 aromatic rings. The maximum Gasteiger partial charge on any atom is 0.253 e. The maximum absolute atomic E-state index is 13.0. The van der Waals surface area contributed by atoms with Crippen molar-refractivity contribution in [2.75, 3.05) is 25.5 Å². The quantitative estimate of drug-likeness (QED) is 0.422. The second-order valence-electron chi connectivity index (χ2n) is 8.43. The van der Waals surface area contributed by atoms with Crippen molar-refractivity contribution in [3.05, 3.63) is 78.9 Å². The molecule has 0 aliphatic carbocycles. The van der Waals surface area contributed by atoms with E-state index in [-0.39, 0.29) is 17.9 Å². The average molecular weight is 482 g/mol. The topological polar surface area (TPSA) is 118 Å². The molecule has 10 nitrogen and oxygen atoms in total. The molecule has 4 heterocycles. The highest BCUT2D eigenvalue weighted by molar-refractivity contribution is 5.99. The van der Waals surface area contributed by atoms with Crippen molar-refractivity contribution in [2.45, 2.75) is 12.5 Å². The van der Waals surface area contributed by atoms with E-state index >= 15 is 0 Å². The third-order valence-electron chi connectivity index (χ3n) is 6.26. The second kappa shape index (κ2) is 9.38. The summed E-state index contributed by atoms with van der Waals surface area (Å²) in [6.45, 7) is 4.60. The van der Waals surface area contributed by atoms with E-state index in [0.29, 0.717) is 41.2 Å². The molecule has 1 aromatic carbocycles. The number of hydrogen-bond donors (Lipinski definition) is 1. The fourth-order valence-corrected chi connectivity index (χ4v) is 4.38. The van der Waals surface area contributed by atoms with Gasteiger partial charge in [0.15, 0.2) is 0 Å². The van der Waals surface area contributed by atoms with Crippen LogP contribution in [0.15, 0.2) is 67.8 Å². The number of methoxy groups -OCH3 is 1. The lowest BCUT2D eigenvalue weighted by atomic mass is 10.1. The maximum atomic E-state index is 13.0. The molecule has 1 aliphatic heterocycles. The van der Waals surface area contributed by atoms with Gasteiger partial charge in [0.1, 0.15) is 22.9 Å². The molecular weight excluding hydrogens is 458 g/mol. The number of benzene rings is 1. The molecule has 0 unspecified atom stereocenters. The number of nitriles is 1. The van der Waals surface area contributed by atoms with Gasteiger partial charge in [-0.2, -0.15) is 15.5 Å². The summed E-state index contributed by atoms with van der Waals surface area (Å²) in [6.07, 6.45) is 9.06. The summed E-state index contributed by atoms with van der Waals surface area (Å²) in [6, 6.07) is 10.9. The zero-order valence-electron chi connectivity index (χ0n) is 19.6. The van der Waals surface area contributed by atoms with Crippen molar-refractivity contribution >= 4 is 23.0 Å². The van der Waals surface area contributed by atoms with Gasteiger partial charge in [0.25, 0.3) is 5.91 Å². The van der Waals surface area contributed by atoms with Crippen LogP contribution in [0.1, 0.15) is 28.4 Å². The number of rotatable bonds is 6. The molecule has 2 amide bonds. The molecule has 1 fully saturated rings. The lowest BCUT2D eigenvalue weighted by Gasteiger charge is -2.17. The van der Waals surface area contributed by atoms with E-state index in [1.165, 1.54) is 12.3 Å². The highest BCUT2D eigenvalue weighted by atomic mass is 16.5. The number of carbonyl (C=O) groups is 2. The lowest BCUT2D eigenvalue weighted by Crippen LogP contribution is -2.29.